The summed E-state index contributed by atoms with van der Waals surface area (Å²) in [6.07, 6.45) is 0. The van der Waals surface area contributed by atoms with Gasteiger partial charge in [0, 0.05) is 11.3 Å². The molecule has 0 bridgehead atoms. The maximum absolute atomic E-state index is 14.2. The zero-order valence-electron chi connectivity index (χ0n) is 25.8. The summed E-state index contributed by atoms with van der Waals surface area (Å²) in [6.45, 7) is 4.01. The van der Waals surface area contributed by atoms with Crippen molar-refractivity contribution in [1.29, 1.82) is 0 Å². The van der Waals surface area contributed by atoms with E-state index in [-0.39, 0.29) is 22.3 Å². The Labute approximate surface area is 279 Å². The molecule has 1 atom stereocenters. The second-order valence-electron chi connectivity index (χ2n) is 10.9. The first-order valence-electron chi connectivity index (χ1n) is 14.7. The number of Topliss-reactive ketones (excluding diaryl/α,β-unsaturated/α-hetero) is 1. The third-order valence-electron chi connectivity index (χ3n) is 7.74. The average Bonchev–Trinajstić information content (AvgIpc) is 3.66. The molecule has 0 spiro atoms. The predicted molar refractivity (Wildman–Crippen MR) is 180 cm³/mol. The van der Waals surface area contributed by atoms with Crippen molar-refractivity contribution in [1.82, 2.24) is 10.2 Å². The van der Waals surface area contributed by atoms with Gasteiger partial charge in [-0.1, -0.05) is 95.4 Å². The lowest BCUT2D eigenvalue weighted by Crippen LogP contribution is -2.29. The number of amides is 1. The Hall–Kier alpha value is -5.00. The van der Waals surface area contributed by atoms with Crippen molar-refractivity contribution < 1.29 is 28.6 Å². The van der Waals surface area contributed by atoms with Crippen molar-refractivity contribution in [3.8, 4) is 11.5 Å². The molecule has 4 aromatic carbocycles. The first-order chi connectivity index (χ1) is 22.7. The molecular formula is C36H30FN3O5S2. The molecule has 11 heteroatoms. The number of benzene rings is 4. The zero-order valence-corrected chi connectivity index (χ0v) is 27.4. The molecule has 0 radical (unpaired) electrons. The van der Waals surface area contributed by atoms with Gasteiger partial charge in [0.2, 0.25) is 5.13 Å². The van der Waals surface area contributed by atoms with Gasteiger partial charge in [-0.25, -0.2) is 4.39 Å². The number of carbonyl (C=O) groups is 2. The Kier molecular flexibility index (Phi) is 9.37. The van der Waals surface area contributed by atoms with Crippen LogP contribution in [-0.4, -0.2) is 34.1 Å². The predicted octanol–water partition coefficient (Wildman–Crippen LogP) is 7.80. The van der Waals surface area contributed by atoms with Crippen molar-refractivity contribution >= 4 is 45.7 Å². The van der Waals surface area contributed by atoms with Gasteiger partial charge in [0.1, 0.15) is 18.2 Å². The summed E-state index contributed by atoms with van der Waals surface area (Å²) in [6, 6.07) is 25.8. The number of aryl methyl sites for hydroxylation is 2. The van der Waals surface area contributed by atoms with Crippen LogP contribution in [0.25, 0.3) is 5.76 Å². The molecule has 1 amide bonds. The lowest BCUT2D eigenvalue weighted by molar-refractivity contribution is -0.132. The molecule has 1 aliphatic heterocycles. The highest BCUT2D eigenvalue weighted by Gasteiger charge is 2.48. The van der Waals surface area contributed by atoms with E-state index >= 15 is 0 Å². The second kappa shape index (κ2) is 13.8. The largest absolute Gasteiger partial charge is 0.507 e. The number of aliphatic hydroxyl groups is 1. The highest BCUT2D eigenvalue weighted by Crippen LogP contribution is 2.46. The van der Waals surface area contributed by atoms with Crippen LogP contribution in [0.3, 0.4) is 0 Å². The van der Waals surface area contributed by atoms with E-state index in [0.29, 0.717) is 44.9 Å². The van der Waals surface area contributed by atoms with Gasteiger partial charge in [-0.05, 0) is 60.4 Å². The maximum Gasteiger partial charge on any atom is 0.301 e. The van der Waals surface area contributed by atoms with Crippen LogP contribution in [0.1, 0.15) is 39.4 Å². The van der Waals surface area contributed by atoms with Gasteiger partial charge in [0.25, 0.3) is 5.78 Å². The Balaban J connectivity index is 1.41. The molecule has 6 rings (SSSR count). The SMILES string of the molecule is COc1cc(C2/C(=C(\O)c3cc(C)ccc3C)C(=O)C(=O)N2c2nnc(SCc3ccccc3F)s2)ccc1OCc1ccccc1. The van der Waals surface area contributed by atoms with Crippen molar-refractivity contribution in [3.05, 3.63) is 136 Å². The molecule has 1 saturated heterocycles. The summed E-state index contributed by atoms with van der Waals surface area (Å²) >= 11 is 2.37. The van der Waals surface area contributed by atoms with Crippen molar-refractivity contribution in [2.75, 3.05) is 12.0 Å². The number of thioether (sulfide) groups is 1. The molecule has 5 aromatic rings. The monoisotopic (exact) mass is 667 g/mol. The van der Waals surface area contributed by atoms with Crippen molar-refractivity contribution in [2.45, 2.75) is 36.6 Å². The van der Waals surface area contributed by atoms with E-state index in [1.807, 2.05) is 56.3 Å². The van der Waals surface area contributed by atoms with E-state index in [0.717, 1.165) is 28.0 Å². The Morgan fingerprint density at radius 1 is 0.957 bits per heavy atom. The highest BCUT2D eigenvalue weighted by atomic mass is 32.2. The number of methoxy groups -OCH3 is 1. The number of ether oxygens (including phenoxy) is 2. The summed E-state index contributed by atoms with van der Waals surface area (Å²) in [5.41, 5.74) is 3.95. The van der Waals surface area contributed by atoms with E-state index in [2.05, 4.69) is 10.2 Å². The summed E-state index contributed by atoms with van der Waals surface area (Å²) in [4.78, 5) is 28.8. The highest BCUT2D eigenvalue weighted by molar-refractivity contribution is 8.00. The molecule has 0 saturated carbocycles. The van der Waals surface area contributed by atoms with E-state index in [1.54, 1.807) is 42.5 Å². The maximum atomic E-state index is 14.2. The van der Waals surface area contributed by atoms with Crippen LogP contribution >= 0.6 is 23.1 Å². The number of hydrogen-bond acceptors (Lipinski definition) is 9. The van der Waals surface area contributed by atoms with Gasteiger partial charge in [-0.2, -0.15) is 0 Å². The fraction of sp³-hybridized carbons (Fsp3) is 0.167. The average molecular weight is 668 g/mol. The smallest absolute Gasteiger partial charge is 0.301 e. The van der Waals surface area contributed by atoms with Crippen molar-refractivity contribution in [2.24, 2.45) is 0 Å². The Bertz CT molecular complexity index is 2000. The number of anilines is 1. The number of aromatic nitrogens is 2. The molecule has 0 aliphatic carbocycles. The van der Waals surface area contributed by atoms with E-state index in [1.165, 1.54) is 29.8 Å². The quantitative estimate of drug-likeness (QED) is 0.0530. The van der Waals surface area contributed by atoms with Gasteiger partial charge in [-0.15, -0.1) is 10.2 Å². The van der Waals surface area contributed by atoms with E-state index in [9.17, 15) is 19.1 Å². The molecule has 238 valence electrons. The molecular weight excluding hydrogens is 638 g/mol. The second-order valence-corrected chi connectivity index (χ2v) is 13.1. The lowest BCUT2D eigenvalue weighted by atomic mass is 9.93. The number of aliphatic hydroxyl groups excluding tert-OH is 1. The van der Waals surface area contributed by atoms with E-state index < -0.39 is 17.7 Å². The molecule has 47 heavy (non-hydrogen) atoms. The number of halogens is 1. The minimum Gasteiger partial charge on any atom is -0.507 e. The standard InChI is InChI=1S/C36H30FN3O5S2/c1-21-13-14-22(2)26(17-21)32(41)30-31(24-15-16-28(29(18-24)44-3)45-19-23-9-5-4-6-10-23)40(34(43)33(30)42)35-38-39-36(47-35)46-20-25-11-7-8-12-27(25)37/h4-18,31,41H,19-20H2,1-3H3/b32-30+. The molecule has 8 nitrogen and oxygen atoms in total. The van der Waals surface area contributed by atoms with Crippen LogP contribution < -0.4 is 14.4 Å². The fourth-order valence-electron chi connectivity index (χ4n) is 5.30. The molecule has 1 aromatic heterocycles. The van der Waals surface area contributed by atoms with Crippen LogP contribution in [0, 0.1) is 19.7 Å². The minimum absolute atomic E-state index is 0.0838. The normalized spacial score (nSPS) is 15.7. The van der Waals surface area contributed by atoms with Gasteiger partial charge in [-0.3, -0.25) is 14.5 Å². The summed E-state index contributed by atoms with van der Waals surface area (Å²) in [5, 5.41) is 20.3. The lowest BCUT2D eigenvalue weighted by Gasteiger charge is -2.23. The molecule has 1 unspecified atom stereocenters. The van der Waals surface area contributed by atoms with Gasteiger partial charge < -0.3 is 14.6 Å². The molecule has 1 aliphatic rings. The Morgan fingerprint density at radius 3 is 2.49 bits per heavy atom. The van der Waals surface area contributed by atoms with Crippen LogP contribution in [0.4, 0.5) is 9.52 Å². The minimum atomic E-state index is -1.05. The van der Waals surface area contributed by atoms with Crippen LogP contribution in [-0.2, 0) is 21.9 Å². The first-order valence-corrected chi connectivity index (χ1v) is 16.5. The summed E-state index contributed by atoms with van der Waals surface area (Å²) < 4.78 is 26.4. The third-order valence-corrected chi connectivity index (χ3v) is 9.85. The number of nitrogens with zero attached hydrogens (tertiary/aromatic N) is 3. The fourth-order valence-corrected chi connectivity index (χ4v) is 7.16. The van der Waals surface area contributed by atoms with Crippen LogP contribution in [0.15, 0.2) is 101 Å². The first kappa shape index (κ1) is 32.0. The number of carbonyl (C=O) groups excluding carboxylic acids is 2. The third kappa shape index (κ3) is 6.63. The molecule has 1 N–H and O–H groups in total. The number of rotatable bonds is 10. The van der Waals surface area contributed by atoms with Gasteiger partial charge in [0.15, 0.2) is 15.8 Å². The van der Waals surface area contributed by atoms with Crippen molar-refractivity contribution in [3.63, 3.8) is 0 Å². The van der Waals surface area contributed by atoms with Crippen LogP contribution in [0.5, 0.6) is 11.5 Å². The van der Waals surface area contributed by atoms with Gasteiger partial charge in [0.05, 0.1) is 18.7 Å². The summed E-state index contributed by atoms with van der Waals surface area (Å²) in [7, 11) is 1.51. The molecule has 2 heterocycles. The Morgan fingerprint density at radius 2 is 1.72 bits per heavy atom. The topological polar surface area (TPSA) is 102 Å². The number of ketones is 1. The summed E-state index contributed by atoms with van der Waals surface area (Å²) in [5.74, 6) is -1.17. The number of hydrogen-bond donors (Lipinski definition) is 1. The van der Waals surface area contributed by atoms with Gasteiger partial charge >= 0.3 is 5.91 Å². The zero-order chi connectivity index (χ0) is 33.1. The molecule has 1 fully saturated rings. The van der Waals surface area contributed by atoms with Crippen LogP contribution in [0.2, 0.25) is 0 Å². The van der Waals surface area contributed by atoms with E-state index in [4.69, 9.17) is 9.47 Å².